The fraction of sp³-hybridized carbons (Fsp3) is 0.182. The van der Waals surface area contributed by atoms with Crippen molar-refractivity contribution in [2.45, 2.75) is 6.10 Å². The summed E-state index contributed by atoms with van der Waals surface area (Å²) in [4.78, 5) is 10.9. The summed E-state index contributed by atoms with van der Waals surface area (Å²) in [6, 6.07) is 5.61. The number of hydrogen-bond donors (Lipinski definition) is 0. The molecule has 15 heavy (non-hydrogen) atoms. The van der Waals surface area contributed by atoms with E-state index in [9.17, 15) is 9.18 Å². The molecule has 80 valence electrons. The van der Waals surface area contributed by atoms with Gasteiger partial charge in [-0.25, -0.2) is 9.18 Å². The third-order valence-corrected chi connectivity index (χ3v) is 1.80. The van der Waals surface area contributed by atoms with E-state index >= 15 is 0 Å². The zero-order valence-electron chi connectivity index (χ0n) is 8.27. The molecule has 1 unspecified atom stereocenters. The van der Waals surface area contributed by atoms with Gasteiger partial charge in [0.2, 0.25) is 0 Å². The Hall–Kier alpha value is -1.84. The number of ether oxygens (including phenoxy) is 2. The number of benzene rings is 1. The quantitative estimate of drug-likeness (QED) is 0.568. The predicted molar refractivity (Wildman–Crippen MR) is 52.8 cm³/mol. The molecule has 0 aliphatic heterocycles. The standard InChI is InChI=1S/C11H11FO3/c1-3-10(15-11(13)14-2)8-4-6-9(12)7-5-8/h3-7,10H,1H2,2H3. The molecule has 1 aromatic rings. The molecule has 0 saturated heterocycles. The highest BCUT2D eigenvalue weighted by molar-refractivity contribution is 5.60. The van der Waals surface area contributed by atoms with Crippen LogP contribution in [0.4, 0.5) is 9.18 Å². The lowest BCUT2D eigenvalue weighted by Crippen LogP contribution is -2.09. The van der Waals surface area contributed by atoms with Gasteiger partial charge in [0.15, 0.2) is 0 Å². The molecular formula is C11H11FO3. The van der Waals surface area contributed by atoms with Crippen LogP contribution in [-0.4, -0.2) is 13.3 Å². The number of carbonyl (C=O) groups excluding carboxylic acids is 1. The minimum absolute atomic E-state index is 0.348. The molecule has 1 atom stereocenters. The lowest BCUT2D eigenvalue weighted by atomic mass is 10.1. The molecule has 0 saturated carbocycles. The molecule has 1 rings (SSSR count). The highest BCUT2D eigenvalue weighted by Gasteiger charge is 2.13. The number of hydrogen-bond acceptors (Lipinski definition) is 3. The smallest absolute Gasteiger partial charge is 0.438 e. The first-order valence-corrected chi connectivity index (χ1v) is 4.30. The average molecular weight is 210 g/mol. The Bertz CT molecular complexity index is 345. The van der Waals surface area contributed by atoms with E-state index in [1.54, 1.807) is 0 Å². The Morgan fingerprint density at radius 1 is 1.47 bits per heavy atom. The second-order valence-corrected chi connectivity index (χ2v) is 2.78. The van der Waals surface area contributed by atoms with Gasteiger partial charge < -0.3 is 9.47 Å². The van der Waals surface area contributed by atoms with E-state index in [-0.39, 0.29) is 5.82 Å². The van der Waals surface area contributed by atoms with Crippen molar-refractivity contribution < 1.29 is 18.7 Å². The topological polar surface area (TPSA) is 35.5 Å². The fourth-order valence-corrected chi connectivity index (χ4v) is 1.06. The van der Waals surface area contributed by atoms with Crippen LogP contribution in [0.2, 0.25) is 0 Å². The SMILES string of the molecule is C=CC(OC(=O)OC)c1ccc(F)cc1. The van der Waals surface area contributed by atoms with E-state index in [1.807, 2.05) is 0 Å². The summed E-state index contributed by atoms with van der Waals surface area (Å²) in [7, 11) is 1.22. The lowest BCUT2D eigenvalue weighted by Gasteiger charge is -2.12. The van der Waals surface area contributed by atoms with Crippen LogP contribution >= 0.6 is 0 Å². The van der Waals surface area contributed by atoms with Crippen LogP contribution in [0.1, 0.15) is 11.7 Å². The van der Waals surface area contributed by atoms with Crippen molar-refractivity contribution in [2.24, 2.45) is 0 Å². The first kappa shape index (κ1) is 11.2. The molecule has 0 fully saturated rings. The molecule has 0 N–H and O–H groups in total. The van der Waals surface area contributed by atoms with Crippen LogP contribution in [0.25, 0.3) is 0 Å². The van der Waals surface area contributed by atoms with Gasteiger partial charge in [-0.3, -0.25) is 0 Å². The normalized spacial score (nSPS) is 11.6. The maximum absolute atomic E-state index is 12.6. The van der Waals surface area contributed by atoms with E-state index in [4.69, 9.17) is 4.74 Å². The molecule has 4 heteroatoms. The maximum atomic E-state index is 12.6. The predicted octanol–water partition coefficient (Wildman–Crippen LogP) is 2.84. The van der Waals surface area contributed by atoms with Crippen molar-refractivity contribution in [3.63, 3.8) is 0 Å². The van der Waals surface area contributed by atoms with Crippen molar-refractivity contribution in [1.29, 1.82) is 0 Å². The number of rotatable bonds is 3. The van der Waals surface area contributed by atoms with Crippen molar-refractivity contribution >= 4 is 6.16 Å². The van der Waals surface area contributed by atoms with Crippen molar-refractivity contribution in [1.82, 2.24) is 0 Å². The summed E-state index contributed by atoms with van der Waals surface area (Å²) < 4.78 is 21.8. The van der Waals surface area contributed by atoms with Crippen molar-refractivity contribution in [3.8, 4) is 0 Å². The summed E-state index contributed by atoms with van der Waals surface area (Å²) in [5.74, 6) is -0.348. The van der Waals surface area contributed by atoms with Gasteiger partial charge in [0.1, 0.15) is 11.9 Å². The Kier molecular flexibility index (Phi) is 3.85. The van der Waals surface area contributed by atoms with Crippen LogP contribution in [-0.2, 0) is 9.47 Å². The molecule has 0 heterocycles. The first-order chi connectivity index (χ1) is 7.17. The highest BCUT2D eigenvalue weighted by Crippen LogP contribution is 2.19. The molecule has 0 spiro atoms. The molecule has 0 bridgehead atoms. The summed E-state index contributed by atoms with van der Waals surface area (Å²) in [5.41, 5.74) is 0.636. The fourth-order valence-electron chi connectivity index (χ4n) is 1.06. The number of methoxy groups -OCH3 is 1. The molecule has 3 nitrogen and oxygen atoms in total. The van der Waals surface area contributed by atoms with Gasteiger partial charge in [-0.15, -0.1) is 0 Å². The molecule has 0 amide bonds. The van der Waals surface area contributed by atoms with Gasteiger partial charge in [-0.05, 0) is 23.8 Å². The zero-order valence-corrected chi connectivity index (χ0v) is 8.27. The Labute approximate surface area is 87.1 Å². The van der Waals surface area contributed by atoms with E-state index in [0.717, 1.165) is 0 Å². The summed E-state index contributed by atoms with van der Waals surface area (Å²) >= 11 is 0. The highest BCUT2D eigenvalue weighted by atomic mass is 19.1. The van der Waals surface area contributed by atoms with Crippen LogP contribution in [0.3, 0.4) is 0 Å². The van der Waals surface area contributed by atoms with E-state index in [0.29, 0.717) is 5.56 Å². The molecule has 0 aromatic heterocycles. The molecular weight excluding hydrogens is 199 g/mol. The molecule has 1 aromatic carbocycles. The van der Waals surface area contributed by atoms with Crippen molar-refractivity contribution in [3.05, 3.63) is 48.3 Å². The lowest BCUT2D eigenvalue weighted by molar-refractivity contribution is 0.0522. The minimum atomic E-state index is -0.802. The Balaban J connectivity index is 2.78. The minimum Gasteiger partial charge on any atom is -0.438 e. The largest absolute Gasteiger partial charge is 0.508 e. The first-order valence-electron chi connectivity index (χ1n) is 4.30. The third kappa shape index (κ3) is 3.09. The van der Waals surface area contributed by atoms with Gasteiger partial charge in [0, 0.05) is 0 Å². The Morgan fingerprint density at radius 2 is 2.07 bits per heavy atom. The zero-order chi connectivity index (χ0) is 11.3. The van der Waals surface area contributed by atoms with Crippen LogP contribution in [0.5, 0.6) is 0 Å². The van der Waals surface area contributed by atoms with Gasteiger partial charge in [0.05, 0.1) is 7.11 Å². The second kappa shape index (κ2) is 5.14. The molecule has 0 radical (unpaired) electrons. The monoisotopic (exact) mass is 210 g/mol. The van der Waals surface area contributed by atoms with Crippen molar-refractivity contribution in [2.75, 3.05) is 7.11 Å². The molecule has 0 aliphatic carbocycles. The average Bonchev–Trinajstić information content (AvgIpc) is 2.27. The van der Waals surface area contributed by atoms with Gasteiger partial charge in [-0.2, -0.15) is 0 Å². The number of halogens is 1. The maximum Gasteiger partial charge on any atom is 0.508 e. The number of carbonyl (C=O) groups is 1. The summed E-state index contributed by atoms with van der Waals surface area (Å²) in [6.45, 7) is 3.52. The van der Waals surface area contributed by atoms with Crippen LogP contribution in [0.15, 0.2) is 36.9 Å². The van der Waals surface area contributed by atoms with Gasteiger partial charge in [0.25, 0.3) is 0 Å². The van der Waals surface area contributed by atoms with Crippen LogP contribution in [0, 0.1) is 5.82 Å². The van der Waals surface area contributed by atoms with Gasteiger partial charge >= 0.3 is 6.16 Å². The van der Waals surface area contributed by atoms with Gasteiger partial charge in [-0.1, -0.05) is 18.7 Å². The van der Waals surface area contributed by atoms with Crippen LogP contribution < -0.4 is 0 Å². The van der Waals surface area contributed by atoms with E-state index in [2.05, 4.69) is 11.3 Å². The van der Waals surface area contributed by atoms with E-state index in [1.165, 1.54) is 37.5 Å². The summed E-state index contributed by atoms with van der Waals surface area (Å²) in [6.07, 6.45) is 0.00623. The molecule has 0 aliphatic rings. The Morgan fingerprint density at radius 3 is 2.53 bits per heavy atom. The second-order valence-electron chi connectivity index (χ2n) is 2.78. The summed E-state index contributed by atoms with van der Waals surface area (Å²) in [5, 5.41) is 0. The third-order valence-electron chi connectivity index (χ3n) is 1.80. The van der Waals surface area contributed by atoms with E-state index < -0.39 is 12.3 Å².